The van der Waals surface area contributed by atoms with E-state index in [0.29, 0.717) is 0 Å². The van der Waals surface area contributed by atoms with Gasteiger partial charge in [0.2, 0.25) is 0 Å². The van der Waals surface area contributed by atoms with Crippen molar-refractivity contribution in [2.24, 2.45) is 0 Å². The number of fused-ring (bicyclic) bond motifs is 1. The summed E-state index contributed by atoms with van der Waals surface area (Å²) in [5, 5.41) is 5.99. The predicted molar refractivity (Wildman–Crippen MR) is 81.8 cm³/mol. The Morgan fingerprint density at radius 2 is 1.87 bits per heavy atom. The Morgan fingerprint density at radius 3 is 2.39 bits per heavy atom. The summed E-state index contributed by atoms with van der Waals surface area (Å²) in [7, 11) is -4.94. The van der Waals surface area contributed by atoms with E-state index < -0.39 is 10.2 Å². The molecule has 0 bridgehead atoms. The Bertz CT molecular complexity index is 674. The Balaban J connectivity index is 0.000000338. The average Bonchev–Trinajstić information content (AvgIpc) is 2.96. The van der Waals surface area contributed by atoms with Gasteiger partial charge < -0.3 is 0 Å². The first-order valence-corrected chi connectivity index (χ1v) is 10.3. The molecule has 7 nitrogen and oxygen atoms in total. The van der Waals surface area contributed by atoms with Crippen LogP contribution in [0.5, 0.6) is 0 Å². The minimum Gasteiger partial charge on any atom is -0.222 e. The van der Waals surface area contributed by atoms with E-state index in [1.54, 1.807) is 0 Å². The Morgan fingerprint density at radius 1 is 1.30 bits per heavy atom. The van der Waals surface area contributed by atoms with Crippen LogP contribution in [0.4, 0.5) is 0 Å². The average molecular weight is 472 g/mol. The fraction of sp³-hybridized carbons (Fsp3) is 0.385. The first kappa shape index (κ1) is 18.9. The van der Waals surface area contributed by atoms with Gasteiger partial charge in [0.1, 0.15) is 11.2 Å². The maximum Gasteiger partial charge on any atom is 0.302 e. The zero-order valence-corrected chi connectivity index (χ0v) is 16.2. The quantitative estimate of drug-likeness (QED) is 0.283. The van der Waals surface area contributed by atoms with Crippen molar-refractivity contribution in [3.05, 3.63) is 36.2 Å². The molecule has 1 aromatic heterocycles. The van der Waals surface area contributed by atoms with Gasteiger partial charge in [-0.3, -0.25) is 0 Å². The maximum absolute atomic E-state index is 8.49. The Labute approximate surface area is 153 Å². The molecule has 0 aliphatic carbocycles. The van der Waals surface area contributed by atoms with Crippen molar-refractivity contribution in [3.8, 4) is 5.69 Å². The lowest BCUT2D eigenvalue weighted by Crippen LogP contribution is -2.68. The van der Waals surface area contributed by atoms with Crippen LogP contribution in [-0.2, 0) is 5.54 Å². The van der Waals surface area contributed by atoms with E-state index >= 15 is 0 Å². The second-order valence-electron chi connectivity index (χ2n) is 5.21. The summed E-state index contributed by atoms with van der Waals surface area (Å²) in [6, 6.07) is 10.5. The largest absolute Gasteiger partial charge is 0.302 e. The van der Waals surface area contributed by atoms with E-state index in [-0.39, 0.29) is 5.54 Å². The Kier molecular flexibility index (Phi) is 5.93. The minimum absolute atomic E-state index is 0.144. The summed E-state index contributed by atoms with van der Waals surface area (Å²) >= 11 is 4.36. The van der Waals surface area contributed by atoms with Gasteiger partial charge in [-0.15, -0.1) is 10.2 Å². The molecule has 1 atom stereocenters. The molecule has 10 heteroatoms. The van der Waals surface area contributed by atoms with E-state index in [1.165, 1.54) is 10.8 Å². The summed E-state index contributed by atoms with van der Waals surface area (Å²) in [6.45, 7) is 4.36. The van der Waals surface area contributed by atoms with E-state index in [2.05, 4.69) is 70.0 Å². The van der Waals surface area contributed by atoms with Crippen LogP contribution >= 0.6 is 34.4 Å². The summed E-state index contributed by atoms with van der Waals surface area (Å²) in [5.41, 5.74) is 1.34. The highest BCUT2D eigenvalue weighted by Gasteiger charge is 2.45. The van der Waals surface area contributed by atoms with Crippen LogP contribution in [0.25, 0.3) is 5.69 Å². The van der Waals surface area contributed by atoms with E-state index in [4.69, 9.17) is 23.7 Å². The van der Waals surface area contributed by atoms with Crippen LogP contribution < -0.4 is 23.2 Å². The maximum atomic E-state index is 8.49. The third-order valence-electron chi connectivity index (χ3n) is 3.27. The van der Waals surface area contributed by atoms with E-state index in [0.717, 1.165) is 16.0 Å². The highest BCUT2D eigenvalue weighted by atomic mass is 127. The number of benzene rings is 1. The van der Waals surface area contributed by atoms with Crippen molar-refractivity contribution in [2.75, 3.05) is 10.2 Å². The van der Waals surface area contributed by atoms with Crippen LogP contribution in [-0.4, -0.2) is 20.0 Å². The molecule has 0 saturated heterocycles. The molecule has 2 aromatic rings. The number of halogens is 2. The van der Waals surface area contributed by atoms with Crippen molar-refractivity contribution >= 4 is 34.4 Å². The lowest BCUT2D eigenvalue weighted by molar-refractivity contribution is -2.00. The topological polar surface area (TPSA) is 114 Å². The molecule has 0 amide bonds. The zero-order valence-electron chi connectivity index (χ0n) is 12.4. The zero-order chi connectivity index (χ0) is 17.3. The van der Waals surface area contributed by atoms with Crippen molar-refractivity contribution in [2.45, 2.75) is 24.5 Å². The molecular formula is C13H15ClIN3O4S. The number of aromatic nitrogens is 3. The number of rotatable bonds is 2. The van der Waals surface area contributed by atoms with Gasteiger partial charge >= 0.3 is 5.16 Å². The molecule has 1 aliphatic heterocycles. The van der Waals surface area contributed by atoms with E-state index in [9.17, 15) is 0 Å². The van der Waals surface area contributed by atoms with Crippen molar-refractivity contribution in [3.63, 3.8) is 0 Å². The molecule has 126 valence electrons. The lowest BCUT2D eigenvalue weighted by atomic mass is 10.1. The van der Waals surface area contributed by atoms with Crippen molar-refractivity contribution < 1.29 is 33.4 Å². The molecule has 0 radical (unpaired) electrons. The minimum atomic E-state index is -4.94. The number of para-hydroxylation sites is 1. The molecule has 1 aliphatic rings. The highest BCUT2D eigenvalue weighted by Crippen LogP contribution is 2.36. The standard InChI is InChI=1S/C13H15IN3S.ClHO4/c1-10-15-17-12(18-9-13(17,2)8-14)16(10)11-6-4-3-5-7-11;2-1(3,4)5/h3-7H,8-9H2,1-2H3;(H,2,3,4,5)/q+1;/p-1. The number of hydrogen-bond donors (Lipinski definition) is 0. The molecule has 1 aromatic carbocycles. The number of nitrogens with zero attached hydrogens (tertiary/aromatic N) is 3. The molecule has 1 unspecified atom stereocenters. The summed E-state index contributed by atoms with van der Waals surface area (Å²) in [4.78, 5) is 0. The molecule has 0 spiro atoms. The predicted octanol–water partition coefficient (Wildman–Crippen LogP) is -2.03. The van der Waals surface area contributed by atoms with Gasteiger partial charge in [-0.1, -0.05) is 45.5 Å². The number of alkyl halides is 1. The second kappa shape index (κ2) is 7.21. The molecule has 0 saturated carbocycles. The van der Waals surface area contributed by atoms with Gasteiger partial charge in [0, 0.05) is 22.2 Å². The van der Waals surface area contributed by atoms with Crippen LogP contribution in [0.15, 0.2) is 35.5 Å². The van der Waals surface area contributed by atoms with Gasteiger partial charge in [-0.25, -0.2) is 18.6 Å². The smallest absolute Gasteiger partial charge is 0.222 e. The van der Waals surface area contributed by atoms with Crippen molar-refractivity contribution in [1.82, 2.24) is 9.78 Å². The van der Waals surface area contributed by atoms with E-state index in [1.807, 2.05) is 17.8 Å². The molecular weight excluding hydrogens is 457 g/mol. The van der Waals surface area contributed by atoms with Gasteiger partial charge in [0.05, 0.1) is 0 Å². The number of hydrogen-bond acceptors (Lipinski definition) is 6. The van der Waals surface area contributed by atoms with Crippen LogP contribution in [0, 0.1) is 17.2 Å². The van der Waals surface area contributed by atoms with Gasteiger partial charge in [-0.2, -0.15) is 4.57 Å². The third-order valence-corrected chi connectivity index (χ3v) is 6.29. The monoisotopic (exact) mass is 471 g/mol. The fourth-order valence-electron chi connectivity index (χ4n) is 2.19. The normalized spacial score (nSPS) is 20.0. The number of thioether (sulfide) groups is 1. The van der Waals surface area contributed by atoms with Crippen LogP contribution in [0.2, 0.25) is 0 Å². The fourth-order valence-corrected chi connectivity index (χ4v) is 4.57. The second-order valence-corrected chi connectivity index (χ2v) is 7.67. The van der Waals surface area contributed by atoms with Gasteiger partial charge in [0.25, 0.3) is 5.82 Å². The summed E-state index contributed by atoms with van der Waals surface area (Å²) < 4.78 is 39.5. The van der Waals surface area contributed by atoms with Gasteiger partial charge in [0.15, 0.2) is 0 Å². The molecule has 2 heterocycles. The van der Waals surface area contributed by atoms with Crippen LogP contribution in [0.1, 0.15) is 12.7 Å². The van der Waals surface area contributed by atoms with Gasteiger partial charge in [-0.05, 0) is 30.8 Å². The van der Waals surface area contributed by atoms with Crippen molar-refractivity contribution in [1.29, 1.82) is 0 Å². The molecule has 0 fully saturated rings. The SMILES string of the molecule is Cc1nn2c([n+]1-c1ccccc1)SCC2(C)CI.[O-][Cl+3]([O-])([O-])[O-]. The first-order valence-electron chi connectivity index (χ1n) is 6.54. The summed E-state index contributed by atoms with van der Waals surface area (Å²) in [5.74, 6) is 2.16. The molecule has 0 N–H and O–H groups in total. The van der Waals surface area contributed by atoms with Crippen LogP contribution in [0.3, 0.4) is 0 Å². The molecule has 23 heavy (non-hydrogen) atoms. The first-order chi connectivity index (χ1) is 10.7. The lowest BCUT2D eigenvalue weighted by Gasteiger charge is -2.17. The molecule has 3 rings (SSSR count). The highest BCUT2D eigenvalue weighted by molar-refractivity contribution is 14.1. The Hall–Kier alpha value is -0.430. The third kappa shape index (κ3) is 4.56. The summed E-state index contributed by atoms with van der Waals surface area (Å²) in [6.07, 6.45) is 0. The number of aryl methyl sites for hydroxylation is 1.